The second-order valence-electron chi connectivity index (χ2n) is 5.97. The molecule has 2 aromatic rings. The van der Waals surface area contributed by atoms with Gasteiger partial charge in [-0.25, -0.2) is 4.98 Å². The third-order valence-corrected chi connectivity index (χ3v) is 4.31. The van der Waals surface area contributed by atoms with Crippen LogP contribution in [0.5, 0.6) is 0 Å². The van der Waals surface area contributed by atoms with Crippen molar-refractivity contribution in [1.82, 2.24) is 19.5 Å². The lowest BCUT2D eigenvalue weighted by atomic mass is 10.1. The van der Waals surface area contributed by atoms with E-state index in [0.717, 1.165) is 12.8 Å². The number of nitrogens with one attached hydrogen (secondary N) is 1. The molecule has 2 aromatic heterocycles. The molecule has 2 aliphatic rings. The summed E-state index contributed by atoms with van der Waals surface area (Å²) in [5.41, 5.74) is 5.44. The molecular formula is C13H17N5O5. The van der Waals surface area contributed by atoms with Crippen LogP contribution in [0.4, 0.5) is 5.95 Å². The van der Waals surface area contributed by atoms with Gasteiger partial charge in [0.05, 0.1) is 6.61 Å². The normalized spacial score (nSPS) is 31.1. The van der Waals surface area contributed by atoms with E-state index < -0.39 is 36.7 Å². The first-order valence-electron chi connectivity index (χ1n) is 7.41. The minimum absolute atomic E-state index is 0.0715. The van der Waals surface area contributed by atoms with Crippen molar-refractivity contribution in [2.24, 2.45) is 0 Å². The van der Waals surface area contributed by atoms with Crippen LogP contribution in [0.25, 0.3) is 11.2 Å². The largest absolute Gasteiger partial charge is 0.394 e. The maximum atomic E-state index is 12.0. The molecule has 0 radical (unpaired) electrons. The summed E-state index contributed by atoms with van der Waals surface area (Å²) >= 11 is 0. The fraction of sp³-hybridized carbons (Fsp3) is 0.615. The van der Waals surface area contributed by atoms with Gasteiger partial charge in [-0.05, 0) is 12.8 Å². The topological polar surface area (TPSA) is 160 Å². The van der Waals surface area contributed by atoms with Gasteiger partial charge in [-0.2, -0.15) is 4.98 Å². The molecule has 10 nitrogen and oxygen atoms in total. The number of nitrogens with two attached hydrogens (primary N) is 1. The lowest BCUT2D eigenvalue weighted by Gasteiger charge is -2.19. The van der Waals surface area contributed by atoms with Crippen molar-refractivity contribution in [3.05, 3.63) is 16.2 Å². The molecule has 4 rings (SSSR count). The van der Waals surface area contributed by atoms with Gasteiger partial charge in [0, 0.05) is 5.92 Å². The Labute approximate surface area is 129 Å². The van der Waals surface area contributed by atoms with Crippen LogP contribution in [-0.2, 0) is 4.74 Å². The van der Waals surface area contributed by atoms with Crippen molar-refractivity contribution in [2.45, 2.75) is 43.3 Å². The molecule has 1 saturated heterocycles. The molecule has 2 fully saturated rings. The number of aromatic amines is 1. The summed E-state index contributed by atoms with van der Waals surface area (Å²) in [6, 6.07) is 0. The number of aliphatic hydroxyl groups excluding tert-OH is 3. The summed E-state index contributed by atoms with van der Waals surface area (Å²) in [7, 11) is 0. The maximum absolute atomic E-state index is 12.0. The van der Waals surface area contributed by atoms with Crippen LogP contribution in [-0.4, -0.2) is 59.8 Å². The van der Waals surface area contributed by atoms with Gasteiger partial charge in [-0.15, -0.1) is 0 Å². The number of imidazole rings is 1. The van der Waals surface area contributed by atoms with E-state index in [1.165, 1.54) is 4.57 Å². The number of H-pyrrole nitrogens is 1. The van der Waals surface area contributed by atoms with E-state index in [1.54, 1.807) is 0 Å². The zero-order valence-electron chi connectivity index (χ0n) is 12.1. The molecule has 0 unspecified atom stereocenters. The van der Waals surface area contributed by atoms with Gasteiger partial charge < -0.3 is 25.8 Å². The predicted octanol–water partition coefficient (Wildman–Crippen LogP) is -1.81. The van der Waals surface area contributed by atoms with Crippen molar-refractivity contribution >= 4 is 17.1 Å². The highest BCUT2D eigenvalue weighted by Gasteiger charge is 2.46. The van der Waals surface area contributed by atoms with Gasteiger partial charge in [0.15, 0.2) is 17.4 Å². The molecule has 124 valence electrons. The number of nitrogens with zero attached hydrogens (tertiary/aromatic N) is 3. The van der Waals surface area contributed by atoms with Gasteiger partial charge in [0.2, 0.25) is 5.95 Å². The Kier molecular flexibility index (Phi) is 3.17. The number of ether oxygens (including phenoxy) is 1. The Hall–Kier alpha value is -2.01. The highest BCUT2D eigenvalue weighted by Crippen LogP contribution is 2.43. The van der Waals surface area contributed by atoms with Gasteiger partial charge in [-0.1, -0.05) is 0 Å². The van der Waals surface area contributed by atoms with Gasteiger partial charge in [-0.3, -0.25) is 14.3 Å². The van der Waals surface area contributed by atoms with Crippen LogP contribution < -0.4 is 11.3 Å². The molecule has 1 aliphatic carbocycles. The zero-order chi connectivity index (χ0) is 16.3. The van der Waals surface area contributed by atoms with E-state index in [-0.39, 0.29) is 23.0 Å². The van der Waals surface area contributed by atoms with Crippen molar-refractivity contribution < 1.29 is 20.1 Å². The summed E-state index contributed by atoms with van der Waals surface area (Å²) < 4.78 is 7.08. The monoisotopic (exact) mass is 323 g/mol. The molecule has 1 aliphatic heterocycles. The van der Waals surface area contributed by atoms with Crippen LogP contribution in [0.3, 0.4) is 0 Å². The minimum Gasteiger partial charge on any atom is -0.394 e. The van der Waals surface area contributed by atoms with Crippen molar-refractivity contribution in [2.75, 3.05) is 12.3 Å². The number of rotatable bonds is 3. The summed E-state index contributed by atoms with van der Waals surface area (Å²) in [5.74, 6) is 0.641. The molecule has 0 amide bonds. The number of hydrogen-bond donors (Lipinski definition) is 5. The lowest BCUT2D eigenvalue weighted by molar-refractivity contribution is -0.0522. The Morgan fingerprint density at radius 1 is 1.30 bits per heavy atom. The molecule has 10 heteroatoms. The maximum Gasteiger partial charge on any atom is 0.280 e. The van der Waals surface area contributed by atoms with E-state index in [4.69, 9.17) is 10.5 Å². The number of fused-ring (bicyclic) bond motifs is 1. The van der Waals surface area contributed by atoms with Gasteiger partial charge in [0.25, 0.3) is 5.56 Å². The average molecular weight is 323 g/mol. The fourth-order valence-electron chi connectivity index (χ4n) is 2.99. The number of nitrogen functional groups attached to an aromatic ring is 1. The Morgan fingerprint density at radius 3 is 2.65 bits per heavy atom. The molecule has 1 saturated carbocycles. The van der Waals surface area contributed by atoms with Gasteiger partial charge >= 0.3 is 0 Å². The molecular weight excluding hydrogens is 306 g/mol. The molecule has 4 atom stereocenters. The quantitative estimate of drug-likeness (QED) is 0.442. The van der Waals surface area contributed by atoms with Crippen LogP contribution in [0.2, 0.25) is 0 Å². The summed E-state index contributed by atoms with van der Waals surface area (Å²) in [4.78, 5) is 22.9. The standard InChI is InChI=1S/C13H17N5O5/c14-13-16-10-6(11(22)17-13)15-9(4-1-2-4)18(10)12-8(21)7(20)5(3-19)23-12/h4-5,7-8,12,19-21H,1-3H2,(H3,14,16,17,22)/t5-,7-,8-,12-/m1/s1. The third-order valence-electron chi connectivity index (χ3n) is 4.31. The second-order valence-corrected chi connectivity index (χ2v) is 5.97. The fourth-order valence-corrected chi connectivity index (χ4v) is 2.99. The number of anilines is 1. The SMILES string of the molecule is Nc1nc2c(nc(C3CC3)n2[C@@H]2O[C@H](CO)[C@@H](O)[C@H]2O)c(=O)[nH]1. The molecule has 0 bridgehead atoms. The average Bonchev–Trinajstić information content (AvgIpc) is 3.23. The van der Waals surface area contributed by atoms with E-state index in [9.17, 15) is 20.1 Å². The first-order chi connectivity index (χ1) is 11.0. The summed E-state index contributed by atoms with van der Waals surface area (Å²) in [5, 5.41) is 29.5. The highest BCUT2D eigenvalue weighted by molar-refractivity contribution is 5.72. The van der Waals surface area contributed by atoms with E-state index in [0.29, 0.717) is 5.82 Å². The molecule has 0 aromatic carbocycles. The number of aliphatic hydroxyl groups is 3. The Balaban J connectivity index is 1.91. The van der Waals surface area contributed by atoms with Crippen LogP contribution >= 0.6 is 0 Å². The van der Waals surface area contributed by atoms with E-state index in [1.807, 2.05) is 0 Å². The predicted molar refractivity (Wildman–Crippen MR) is 77.5 cm³/mol. The number of hydrogen-bond acceptors (Lipinski definition) is 8. The second kappa shape index (κ2) is 4.99. The van der Waals surface area contributed by atoms with Crippen LogP contribution in [0, 0.1) is 0 Å². The van der Waals surface area contributed by atoms with E-state index >= 15 is 0 Å². The van der Waals surface area contributed by atoms with Crippen LogP contribution in [0.1, 0.15) is 30.8 Å². The first kappa shape index (κ1) is 14.6. The summed E-state index contributed by atoms with van der Waals surface area (Å²) in [6.07, 6.45) is -2.61. The zero-order valence-corrected chi connectivity index (χ0v) is 12.1. The number of aromatic nitrogens is 4. The van der Waals surface area contributed by atoms with Crippen LogP contribution in [0.15, 0.2) is 4.79 Å². The Morgan fingerprint density at radius 2 is 2.04 bits per heavy atom. The smallest absolute Gasteiger partial charge is 0.280 e. The minimum atomic E-state index is -1.27. The first-order valence-corrected chi connectivity index (χ1v) is 7.41. The summed E-state index contributed by atoms with van der Waals surface area (Å²) in [6.45, 7) is -0.434. The molecule has 23 heavy (non-hydrogen) atoms. The lowest BCUT2D eigenvalue weighted by Crippen LogP contribution is -2.33. The van der Waals surface area contributed by atoms with Crippen molar-refractivity contribution in [3.8, 4) is 0 Å². The van der Waals surface area contributed by atoms with Crippen molar-refractivity contribution in [1.29, 1.82) is 0 Å². The third kappa shape index (κ3) is 2.14. The molecule has 6 N–H and O–H groups in total. The molecule has 0 spiro atoms. The van der Waals surface area contributed by atoms with Gasteiger partial charge in [0.1, 0.15) is 24.1 Å². The Bertz CT molecular complexity index is 813. The van der Waals surface area contributed by atoms with Crippen molar-refractivity contribution in [3.63, 3.8) is 0 Å². The molecule has 3 heterocycles. The van der Waals surface area contributed by atoms with E-state index in [2.05, 4.69) is 15.0 Å². The highest BCUT2D eigenvalue weighted by atomic mass is 16.6.